The van der Waals surface area contributed by atoms with Gasteiger partial charge in [0.25, 0.3) is 0 Å². The van der Waals surface area contributed by atoms with Crippen molar-refractivity contribution in [3.05, 3.63) is 25.3 Å². The molecule has 42 valence electrons. The van der Waals surface area contributed by atoms with Crippen molar-refractivity contribution in [1.29, 1.82) is 0 Å². The minimum atomic E-state index is -0.333. The van der Waals surface area contributed by atoms with Crippen LogP contribution in [0.3, 0.4) is 0 Å². The molecule has 0 fully saturated rings. The van der Waals surface area contributed by atoms with Gasteiger partial charge in [0.2, 0.25) is 0 Å². The maximum absolute atomic E-state index is 10.8. The molecule has 0 aliphatic rings. The highest BCUT2D eigenvalue weighted by atomic mass is 19.1. The maximum atomic E-state index is 10.8. The quantitative estimate of drug-likeness (QED) is 0.445. The van der Waals surface area contributed by atoms with Crippen LogP contribution in [0.4, 0.5) is 8.78 Å². The first-order valence-corrected chi connectivity index (χ1v) is 1.67. The van der Waals surface area contributed by atoms with Gasteiger partial charge in [-0.05, 0) is 6.92 Å². The van der Waals surface area contributed by atoms with Gasteiger partial charge in [-0.2, -0.15) is 0 Å². The Morgan fingerprint density at radius 3 is 1.71 bits per heavy atom. The van der Waals surface area contributed by atoms with E-state index in [1.807, 2.05) is 0 Å². The van der Waals surface area contributed by atoms with Gasteiger partial charge in [-0.15, -0.1) is 0 Å². The molecule has 0 saturated carbocycles. The van der Waals surface area contributed by atoms with E-state index < -0.39 is 0 Å². The Kier molecular flexibility index (Phi) is 12.4. The van der Waals surface area contributed by atoms with E-state index in [1.54, 1.807) is 0 Å². The Morgan fingerprint density at radius 2 is 1.71 bits per heavy atom. The molecule has 0 rings (SSSR count). The Bertz CT molecular complexity index is 53.1. The Morgan fingerprint density at radius 1 is 1.71 bits per heavy atom. The van der Waals surface area contributed by atoms with Crippen molar-refractivity contribution < 1.29 is 8.78 Å². The fourth-order valence-corrected chi connectivity index (χ4v) is 0. The Labute approximate surface area is 42.2 Å². The highest BCUT2D eigenvalue weighted by molar-refractivity contribution is 4.68. The van der Waals surface area contributed by atoms with Crippen LogP contribution in [-0.4, -0.2) is 0 Å². The molecule has 2 heteroatoms. The predicted octanol–water partition coefficient (Wildman–Crippen LogP) is 2.59. The van der Waals surface area contributed by atoms with Crippen molar-refractivity contribution in [2.75, 3.05) is 0 Å². The van der Waals surface area contributed by atoms with Gasteiger partial charge in [0, 0.05) is 0 Å². The molecular formula is C5H8F2. The van der Waals surface area contributed by atoms with Crippen LogP contribution >= 0.6 is 0 Å². The molecular weight excluding hydrogens is 98.1 g/mol. The zero-order valence-corrected chi connectivity index (χ0v) is 4.25. The molecule has 7 heavy (non-hydrogen) atoms. The van der Waals surface area contributed by atoms with Gasteiger partial charge in [0.15, 0.2) is 0 Å². The van der Waals surface area contributed by atoms with Crippen LogP contribution in [0.25, 0.3) is 0 Å². The second kappa shape index (κ2) is 9.02. The SMILES string of the molecule is C=C(C)F.C=CF. The molecule has 0 aromatic rings. The predicted molar refractivity (Wildman–Crippen MR) is 27.2 cm³/mol. The second-order valence-electron chi connectivity index (χ2n) is 0.830. The molecule has 0 aromatic carbocycles. The van der Waals surface area contributed by atoms with E-state index in [1.165, 1.54) is 6.92 Å². The number of hydrogen-bond acceptors (Lipinski definition) is 0. The van der Waals surface area contributed by atoms with E-state index in [-0.39, 0.29) is 12.2 Å². The van der Waals surface area contributed by atoms with Gasteiger partial charge >= 0.3 is 0 Å². The topological polar surface area (TPSA) is 0 Å². The lowest BCUT2D eigenvalue weighted by Gasteiger charge is -1.59. The van der Waals surface area contributed by atoms with Gasteiger partial charge in [0.1, 0.15) is 0 Å². The molecule has 0 radical (unpaired) electrons. The molecule has 0 bridgehead atoms. The van der Waals surface area contributed by atoms with Crippen LogP contribution in [0.2, 0.25) is 0 Å². The van der Waals surface area contributed by atoms with Gasteiger partial charge < -0.3 is 0 Å². The van der Waals surface area contributed by atoms with E-state index in [9.17, 15) is 8.78 Å². The summed E-state index contributed by atoms with van der Waals surface area (Å²) in [6.07, 6.45) is 0.250. The third-order valence-electron chi connectivity index (χ3n) is 0. The standard InChI is InChI=1S/C3H5F.C2H3F/c1-3(2)4;1-2-3/h1H2,2H3;2H,1H2. The zero-order chi connectivity index (χ0) is 6.28. The summed E-state index contributed by atoms with van der Waals surface area (Å²) >= 11 is 0. The third kappa shape index (κ3) is 137. The Hall–Kier alpha value is -0.660. The first kappa shape index (κ1) is 9.60. The van der Waals surface area contributed by atoms with Gasteiger partial charge in [-0.3, -0.25) is 0 Å². The van der Waals surface area contributed by atoms with Gasteiger partial charge in [-0.25, -0.2) is 8.78 Å². The summed E-state index contributed by atoms with van der Waals surface area (Å²) in [6, 6.07) is 0. The normalized spacial score (nSPS) is 5.57. The lowest BCUT2D eigenvalue weighted by Crippen LogP contribution is -1.38. The molecule has 0 amide bonds. The molecule has 0 saturated heterocycles. The molecule has 0 spiro atoms. The van der Waals surface area contributed by atoms with Crippen molar-refractivity contribution in [2.24, 2.45) is 0 Å². The first-order chi connectivity index (χ1) is 3.15. The van der Waals surface area contributed by atoms with E-state index in [4.69, 9.17) is 0 Å². The zero-order valence-electron chi connectivity index (χ0n) is 4.25. The van der Waals surface area contributed by atoms with Crippen LogP contribution in [0.15, 0.2) is 25.3 Å². The van der Waals surface area contributed by atoms with Gasteiger partial charge in [-0.1, -0.05) is 13.2 Å². The molecule has 0 aliphatic carbocycles. The van der Waals surface area contributed by atoms with Crippen molar-refractivity contribution in [3.63, 3.8) is 0 Å². The van der Waals surface area contributed by atoms with Crippen LogP contribution in [0, 0.1) is 0 Å². The summed E-state index contributed by atoms with van der Waals surface area (Å²) in [6.45, 7) is 6.89. The lowest BCUT2D eigenvalue weighted by atomic mass is 10.7. The summed E-state index contributed by atoms with van der Waals surface area (Å²) in [7, 11) is 0. The summed E-state index contributed by atoms with van der Waals surface area (Å²) in [5.41, 5.74) is 0. The van der Waals surface area contributed by atoms with Crippen LogP contribution in [-0.2, 0) is 0 Å². The van der Waals surface area contributed by atoms with Crippen LogP contribution in [0.5, 0.6) is 0 Å². The van der Waals surface area contributed by atoms with Crippen molar-refractivity contribution in [2.45, 2.75) is 6.92 Å². The first-order valence-electron chi connectivity index (χ1n) is 1.67. The fraction of sp³-hybridized carbons (Fsp3) is 0.200. The average molecular weight is 106 g/mol. The third-order valence-corrected chi connectivity index (χ3v) is 0. The summed E-state index contributed by atoms with van der Waals surface area (Å²) in [5, 5.41) is 0. The highest BCUT2D eigenvalue weighted by Gasteiger charge is 1.58. The number of halogens is 2. The smallest absolute Gasteiger partial charge is 0.0897 e. The van der Waals surface area contributed by atoms with E-state index in [0.29, 0.717) is 0 Å². The number of rotatable bonds is 0. The van der Waals surface area contributed by atoms with Crippen molar-refractivity contribution >= 4 is 0 Å². The molecule has 0 heterocycles. The minimum absolute atomic E-state index is 0.250. The van der Waals surface area contributed by atoms with E-state index in [0.717, 1.165) is 0 Å². The van der Waals surface area contributed by atoms with E-state index >= 15 is 0 Å². The summed E-state index contributed by atoms with van der Waals surface area (Å²) in [4.78, 5) is 0. The highest BCUT2D eigenvalue weighted by Crippen LogP contribution is 1.80. The summed E-state index contributed by atoms with van der Waals surface area (Å²) in [5.74, 6) is -0.333. The molecule has 0 N–H and O–H groups in total. The van der Waals surface area contributed by atoms with Crippen LogP contribution < -0.4 is 0 Å². The lowest BCUT2D eigenvalue weighted by molar-refractivity contribution is 0.645. The fourth-order valence-electron chi connectivity index (χ4n) is 0. The van der Waals surface area contributed by atoms with E-state index in [2.05, 4.69) is 13.2 Å². The molecule has 0 nitrogen and oxygen atoms in total. The Balaban J connectivity index is 0. The molecule has 0 aromatic heterocycles. The molecule has 0 unspecified atom stereocenters. The molecule has 0 aliphatic heterocycles. The van der Waals surface area contributed by atoms with Gasteiger partial charge in [0.05, 0.1) is 12.2 Å². The van der Waals surface area contributed by atoms with Crippen molar-refractivity contribution in [3.8, 4) is 0 Å². The maximum Gasteiger partial charge on any atom is 0.0897 e. The molecule has 0 atom stereocenters. The largest absolute Gasteiger partial charge is 0.216 e. The number of allylic oxidation sites excluding steroid dienone is 1. The average Bonchev–Trinajstić information content (AvgIpc) is 1.33. The van der Waals surface area contributed by atoms with Crippen molar-refractivity contribution in [1.82, 2.24) is 0 Å². The monoisotopic (exact) mass is 106 g/mol. The number of hydrogen-bond donors (Lipinski definition) is 0. The second-order valence-corrected chi connectivity index (χ2v) is 0.830. The summed E-state index contributed by atoms with van der Waals surface area (Å²) < 4.78 is 20.9. The minimum Gasteiger partial charge on any atom is -0.216 e. The van der Waals surface area contributed by atoms with Crippen LogP contribution in [0.1, 0.15) is 6.92 Å².